The maximum Gasteiger partial charge on any atom is 0.209 e. The van der Waals surface area contributed by atoms with E-state index in [0.29, 0.717) is 6.54 Å². The molecule has 0 amide bonds. The van der Waals surface area contributed by atoms with Gasteiger partial charge in [0.2, 0.25) is 5.96 Å². The molecule has 0 aliphatic rings. The van der Waals surface area contributed by atoms with Crippen LogP contribution in [0.1, 0.15) is 11.1 Å². The van der Waals surface area contributed by atoms with Gasteiger partial charge >= 0.3 is 0 Å². The summed E-state index contributed by atoms with van der Waals surface area (Å²) >= 11 is 0. The second-order valence-corrected chi connectivity index (χ2v) is 4.84. The predicted octanol–water partition coefficient (Wildman–Crippen LogP) is 2.49. The van der Waals surface area contributed by atoms with E-state index in [-0.39, 0.29) is 18.4 Å². The smallest absolute Gasteiger partial charge is 0.209 e. The molecule has 3 N–H and O–H groups in total. The van der Waals surface area contributed by atoms with Crippen molar-refractivity contribution in [2.45, 2.75) is 6.54 Å². The molecule has 0 atom stereocenters. The summed E-state index contributed by atoms with van der Waals surface area (Å²) in [5, 5.41) is 5.17. The molecule has 3 rings (SSSR count). The van der Waals surface area contributed by atoms with Crippen LogP contribution >= 0.6 is 12.4 Å². The number of hydrogen-bond acceptors (Lipinski definition) is 4. The summed E-state index contributed by atoms with van der Waals surface area (Å²) in [5.41, 5.74) is 11.4. The lowest BCUT2D eigenvalue weighted by atomic mass is 10.1. The van der Waals surface area contributed by atoms with Gasteiger partial charge in [0.15, 0.2) is 0 Å². The quantitative estimate of drug-likeness (QED) is 0.434. The Bertz CT molecular complexity index is 843. The number of hydrazone groups is 1. The van der Waals surface area contributed by atoms with Gasteiger partial charge in [-0.25, -0.2) is 10.4 Å². The van der Waals surface area contributed by atoms with Crippen molar-refractivity contribution in [3.63, 3.8) is 0 Å². The summed E-state index contributed by atoms with van der Waals surface area (Å²) in [6.45, 7) is 0.481. The predicted molar refractivity (Wildman–Crippen MR) is 99.3 cm³/mol. The molecule has 1 aromatic carbocycles. The first-order valence-electron chi connectivity index (χ1n) is 7.14. The first kappa shape index (κ1) is 17.4. The van der Waals surface area contributed by atoms with Crippen LogP contribution in [0.5, 0.6) is 0 Å². The lowest BCUT2D eigenvalue weighted by Crippen LogP contribution is -2.27. The molecule has 0 fully saturated rings. The van der Waals surface area contributed by atoms with Crippen molar-refractivity contribution in [2.24, 2.45) is 15.8 Å². The van der Waals surface area contributed by atoms with Crippen LogP contribution in [-0.4, -0.2) is 22.1 Å². The number of aliphatic imine (C=N–C) groups is 1. The van der Waals surface area contributed by atoms with E-state index in [4.69, 9.17) is 5.73 Å². The first-order chi connectivity index (χ1) is 11.3. The van der Waals surface area contributed by atoms with Crippen LogP contribution in [0.15, 0.2) is 71.1 Å². The molecule has 0 spiro atoms. The van der Waals surface area contributed by atoms with Crippen molar-refractivity contribution in [3.05, 3.63) is 72.2 Å². The highest BCUT2D eigenvalue weighted by Crippen LogP contribution is 2.13. The number of halogens is 1. The van der Waals surface area contributed by atoms with E-state index < -0.39 is 0 Å². The highest BCUT2D eigenvalue weighted by atomic mass is 35.5. The monoisotopic (exact) mass is 340 g/mol. The maximum atomic E-state index is 5.80. The van der Waals surface area contributed by atoms with Crippen molar-refractivity contribution in [3.8, 4) is 0 Å². The van der Waals surface area contributed by atoms with Gasteiger partial charge in [-0.3, -0.25) is 9.97 Å². The minimum absolute atomic E-state index is 0. The number of guanidine groups is 1. The number of para-hydroxylation sites is 1. The summed E-state index contributed by atoms with van der Waals surface area (Å²) in [5.74, 6) is 0.261. The number of aromatic nitrogens is 2. The molecule has 0 aliphatic heterocycles. The van der Waals surface area contributed by atoms with Crippen LogP contribution in [0.2, 0.25) is 0 Å². The van der Waals surface area contributed by atoms with Gasteiger partial charge in [-0.05, 0) is 29.8 Å². The van der Waals surface area contributed by atoms with Gasteiger partial charge in [0, 0.05) is 29.5 Å². The van der Waals surface area contributed by atoms with E-state index in [1.165, 1.54) is 0 Å². The van der Waals surface area contributed by atoms with Gasteiger partial charge in [-0.15, -0.1) is 12.4 Å². The average Bonchev–Trinajstić information content (AvgIpc) is 2.61. The number of fused-ring (bicyclic) bond motifs is 1. The number of nitrogens with two attached hydrogens (primary N) is 1. The third kappa shape index (κ3) is 4.50. The molecule has 0 unspecified atom stereocenters. The van der Waals surface area contributed by atoms with E-state index in [1.807, 2.05) is 42.5 Å². The Morgan fingerprint density at radius 1 is 1.08 bits per heavy atom. The van der Waals surface area contributed by atoms with Gasteiger partial charge in [0.25, 0.3) is 0 Å². The van der Waals surface area contributed by atoms with Crippen molar-refractivity contribution >= 4 is 35.5 Å². The minimum Gasteiger partial charge on any atom is -0.369 e. The third-order valence-corrected chi connectivity index (χ3v) is 3.25. The zero-order valence-electron chi connectivity index (χ0n) is 12.8. The fourth-order valence-corrected chi connectivity index (χ4v) is 2.10. The summed E-state index contributed by atoms with van der Waals surface area (Å²) < 4.78 is 0. The topological polar surface area (TPSA) is 88.5 Å². The highest BCUT2D eigenvalue weighted by molar-refractivity contribution is 5.98. The van der Waals surface area contributed by atoms with Crippen LogP contribution in [0.3, 0.4) is 0 Å². The zero-order valence-corrected chi connectivity index (χ0v) is 13.6. The van der Waals surface area contributed by atoms with Gasteiger partial charge in [0.05, 0.1) is 18.3 Å². The summed E-state index contributed by atoms with van der Waals surface area (Å²) in [6, 6.07) is 13.6. The Hall–Kier alpha value is -2.99. The van der Waals surface area contributed by atoms with Crippen LogP contribution < -0.4 is 11.2 Å². The molecule has 6 nitrogen and oxygen atoms in total. The average molecular weight is 341 g/mol. The molecule has 2 heterocycles. The summed E-state index contributed by atoms with van der Waals surface area (Å²) in [6.07, 6.45) is 6.91. The summed E-state index contributed by atoms with van der Waals surface area (Å²) in [7, 11) is 0. The first-order valence-corrected chi connectivity index (χ1v) is 7.14. The Kier molecular flexibility index (Phi) is 6.22. The molecule has 0 radical (unpaired) electrons. The van der Waals surface area contributed by atoms with E-state index in [2.05, 4.69) is 25.5 Å². The Morgan fingerprint density at radius 3 is 2.71 bits per heavy atom. The maximum absolute atomic E-state index is 5.80. The molecular formula is C17H17ClN6. The van der Waals surface area contributed by atoms with Crippen molar-refractivity contribution in [1.29, 1.82) is 0 Å². The molecule has 2 aromatic heterocycles. The SMILES string of the molecule is Cl.NC(=NCc1ccncc1)NN=Cc1ccnc2ccccc12. The van der Waals surface area contributed by atoms with E-state index in [9.17, 15) is 0 Å². The number of hydrogen-bond donors (Lipinski definition) is 2. The van der Waals surface area contributed by atoms with Gasteiger partial charge in [0.1, 0.15) is 0 Å². The normalized spacial score (nSPS) is 11.4. The Balaban J connectivity index is 0.00000208. The van der Waals surface area contributed by atoms with Crippen LogP contribution in [-0.2, 0) is 6.54 Å². The number of rotatable bonds is 4. The van der Waals surface area contributed by atoms with Crippen LogP contribution in [0.4, 0.5) is 0 Å². The van der Waals surface area contributed by atoms with E-state index in [1.54, 1.807) is 24.8 Å². The highest BCUT2D eigenvalue weighted by Gasteiger charge is 1.98. The van der Waals surface area contributed by atoms with Crippen LogP contribution in [0.25, 0.3) is 10.9 Å². The largest absolute Gasteiger partial charge is 0.369 e. The van der Waals surface area contributed by atoms with E-state index >= 15 is 0 Å². The molecule has 3 aromatic rings. The second-order valence-electron chi connectivity index (χ2n) is 4.84. The number of pyridine rings is 2. The molecule has 0 bridgehead atoms. The number of nitrogens with one attached hydrogen (secondary N) is 1. The molecule has 0 saturated heterocycles. The Morgan fingerprint density at radius 2 is 1.88 bits per heavy atom. The number of nitrogens with zero attached hydrogens (tertiary/aromatic N) is 4. The second kappa shape index (κ2) is 8.59. The molecular weight excluding hydrogens is 324 g/mol. The Labute approximate surface area is 146 Å². The van der Waals surface area contributed by atoms with Crippen molar-refractivity contribution < 1.29 is 0 Å². The lowest BCUT2D eigenvalue weighted by molar-refractivity contribution is 0.961. The van der Waals surface area contributed by atoms with E-state index in [0.717, 1.165) is 22.0 Å². The van der Waals surface area contributed by atoms with Crippen molar-refractivity contribution in [2.75, 3.05) is 0 Å². The minimum atomic E-state index is 0. The van der Waals surface area contributed by atoms with Gasteiger partial charge < -0.3 is 5.73 Å². The summed E-state index contributed by atoms with van der Waals surface area (Å²) in [4.78, 5) is 12.5. The third-order valence-electron chi connectivity index (χ3n) is 3.25. The lowest BCUT2D eigenvalue weighted by Gasteiger charge is -2.02. The fraction of sp³-hybridized carbons (Fsp3) is 0.0588. The molecule has 0 saturated carbocycles. The molecule has 0 aliphatic carbocycles. The molecule has 7 heteroatoms. The van der Waals surface area contributed by atoms with Gasteiger partial charge in [-0.2, -0.15) is 5.10 Å². The standard InChI is InChI=1S/C17H16N6.ClH/c18-17(21-11-13-5-8-19-9-6-13)23-22-12-14-7-10-20-16-4-2-1-3-15(14)16;/h1-10,12H,11H2,(H3,18,21,23);1H. The number of benzene rings is 1. The molecule has 122 valence electrons. The van der Waals surface area contributed by atoms with Gasteiger partial charge in [-0.1, -0.05) is 18.2 Å². The zero-order chi connectivity index (χ0) is 15.9. The van der Waals surface area contributed by atoms with Crippen molar-refractivity contribution in [1.82, 2.24) is 15.4 Å². The van der Waals surface area contributed by atoms with Crippen LogP contribution in [0, 0.1) is 0 Å². The fourth-order valence-electron chi connectivity index (χ4n) is 2.10. The molecule has 24 heavy (non-hydrogen) atoms.